The third kappa shape index (κ3) is 4.18. The van der Waals surface area contributed by atoms with E-state index in [2.05, 4.69) is 30.9 Å². The molecule has 3 N–H and O–H groups in total. The van der Waals surface area contributed by atoms with Gasteiger partial charge in [-0.3, -0.25) is 9.59 Å². The van der Waals surface area contributed by atoms with Crippen LogP contribution in [0.15, 0.2) is 24.3 Å². The molecule has 0 aromatic heterocycles. The first-order valence-corrected chi connectivity index (χ1v) is 13.3. The lowest BCUT2D eigenvalue weighted by molar-refractivity contribution is -0.141. The van der Waals surface area contributed by atoms with Crippen LogP contribution in [0.3, 0.4) is 0 Å². The van der Waals surface area contributed by atoms with E-state index in [4.69, 9.17) is 0 Å². The molecule has 4 fully saturated rings. The summed E-state index contributed by atoms with van der Waals surface area (Å²) < 4.78 is 0. The predicted molar refractivity (Wildman–Crippen MR) is 132 cm³/mol. The minimum Gasteiger partial charge on any atom is -0.393 e. The van der Waals surface area contributed by atoms with Gasteiger partial charge in [-0.15, -0.1) is 0 Å². The SMILES string of the molecule is CC(=O)c1ccc([C@H]2C[C@]3(C)[C@@H](O)CC[C@H]3[C@@H]3C[C@@H](C(O)C#CCO)C4CC(=O)CC[C@@H]4[C@H]32)cc1. The van der Waals surface area contributed by atoms with Crippen LogP contribution in [0.25, 0.3) is 0 Å². The van der Waals surface area contributed by atoms with Gasteiger partial charge in [0.15, 0.2) is 5.78 Å². The van der Waals surface area contributed by atoms with Crippen molar-refractivity contribution in [3.63, 3.8) is 0 Å². The van der Waals surface area contributed by atoms with E-state index < -0.39 is 6.10 Å². The van der Waals surface area contributed by atoms with E-state index in [1.54, 1.807) is 6.92 Å². The number of carbonyl (C=O) groups excluding carboxylic acids is 2. The molecule has 5 heteroatoms. The highest BCUT2D eigenvalue weighted by atomic mass is 16.3. The summed E-state index contributed by atoms with van der Waals surface area (Å²) in [5, 5.41) is 31.4. The Labute approximate surface area is 208 Å². The van der Waals surface area contributed by atoms with Gasteiger partial charge in [0.05, 0.1) is 6.10 Å². The number of aliphatic hydroxyl groups is 3. The minimum atomic E-state index is -0.852. The summed E-state index contributed by atoms with van der Waals surface area (Å²) in [5.41, 5.74) is 1.74. The molecule has 0 bridgehead atoms. The van der Waals surface area contributed by atoms with Crippen LogP contribution in [-0.4, -0.2) is 45.7 Å². The Morgan fingerprint density at radius 2 is 1.89 bits per heavy atom. The Morgan fingerprint density at radius 3 is 2.57 bits per heavy atom. The molecule has 0 radical (unpaired) electrons. The van der Waals surface area contributed by atoms with Crippen molar-refractivity contribution in [3.8, 4) is 11.8 Å². The van der Waals surface area contributed by atoms with Gasteiger partial charge in [0.25, 0.3) is 0 Å². The molecule has 0 heterocycles. The van der Waals surface area contributed by atoms with Crippen molar-refractivity contribution in [3.05, 3.63) is 35.4 Å². The second kappa shape index (κ2) is 9.47. The number of hydrogen-bond donors (Lipinski definition) is 3. The van der Waals surface area contributed by atoms with Crippen LogP contribution in [0.5, 0.6) is 0 Å². The average Bonchev–Trinajstić information content (AvgIpc) is 3.15. The number of rotatable bonds is 3. The van der Waals surface area contributed by atoms with E-state index >= 15 is 0 Å². The maximum atomic E-state index is 12.6. The summed E-state index contributed by atoms with van der Waals surface area (Å²) >= 11 is 0. The molecule has 1 aromatic rings. The molecule has 1 aromatic carbocycles. The summed E-state index contributed by atoms with van der Waals surface area (Å²) in [6, 6.07) is 8.04. The third-order valence-corrected chi connectivity index (χ3v) is 10.3. The Hall–Kier alpha value is -2.00. The predicted octanol–water partition coefficient (Wildman–Crippen LogP) is 3.75. The Balaban J connectivity index is 1.58. The monoisotopic (exact) mass is 478 g/mol. The molecule has 4 aliphatic rings. The van der Waals surface area contributed by atoms with E-state index in [0.717, 1.165) is 32.1 Å². The summed E-state index contributed by atoms with van der Waals surface area (Å²) in [5.74, 6) is 7.49. The Bertz CT molecular complexity index is 1040. The van der Waals surface area contributed by atoms with Crippen molar-refractivity contribution in [1.82, 2.24) is 0 Å². The lowest BCUT2D eigenvalue weighted by atomic mass is 9.44. The van der Waals surface area contributed by atoms with Gasteiger partial charge >= 0.3 is 0 Å². The molecular weight excluding hydrogens is 440 g/mol. The molecule has 4 aliphatic carbocycles. The second-order valence-corrected chi connectivity index (χ2v) is 11.9. The van der Waals surface area contributed by atoms with Gasteiger partial charge in [0.2, 0.25) is 0 Å². The van der Waals surface area contributed by atoms with E-state index in [-0.39, 0.29) is 47.4 Å². The van der Waals surface area contributed by atoms with Crippen molar-refractivity contribution in [1.29, 1.82) is 0 Å². The summed E-state index contributed by atoms with van der Waals surface area (Å²) in [6.45, 7) is 3.55. The van der Waals surface area contributed by atoms with Gasteiger partial charge in [-0.25, -0.2) is 0 Å². The highest BCUT2D eigenvalue weighted by Gasteiger charge is 2.62. The maximum absolute atomic E-state index is 12.6. The Kier molecular flexibility index (Phi) is 6.68. The van der Waals surface area contributed by atoms with Crippen LogP contribution >= 0.6 is 0 Å². The van der Waals surface area contributed by atoms with Crippen LogP contribution in [0.1, 0.15) is 80.6 Å². The maximum Gasteiger partial charge on any atom is 0.159 e. The topological polar surface area (TPSA) is 94.8 Å². The average molecular weight is 479 g/mol. The van der Waals surface area contributed by atoms with Gasteiger partial charge in [-0.05, 0) is 91.4 Å². The molecule has 0 saturated heterocycles. The van der Waals surface area contributed by atoms with Crippen molar-refractivity contribution >= 4 is 11.6 Å². The van der Waals surface area contributed by atoms with Crippen molar-refractivity contribution in [2.45, 2.75) is 76.9 Å². The molecule has 0 aliphatic heterocycles. The molecule has 188 valence electrons. The quantitative estimate of drug-likeness (QED) is 0.454. The first-order chi connectivity index (χ1) is 16.7. The number of aliphatic hydroxyl groups excluding tert-OH is 3. The number of fused-ring (bicyclic) bond motifs is 5. The number of ketones is 2. The number of carbonyl (C=O) groups is 2. The fourth-order valence-corrected chi connectivity index (χ4v) is 8.77. The number of Topliss-reactive ketones (excluding diaryl/α,β-unsaturated/α-hetero) is 2. The van der Waals surface area contributed by atoms with Gasteiger partial charge in [-0.1, -0.05) is 43.0 Å². The highest BCUT2D eigenvalue weighted by Crippen LogP contribution is 2.67. The van der Waals surface area contributed by atoms with Gasteiger partial charge < -0.3 is 15.3 Å². The molecule has 4 saturated carbocycles. The van der Waals surface area contributed by atoms with Crippen molar-refractivity contribution in [2.24, 2.45) is 40.9 Å². The number of hydrogen-bond acceptors (Lipinski definition) is 5. The van der Waals surface area contributed by atoms with Crippen LogP contribution in [-0.2, 0) is 4.79 Å². The highest BCUT2D eigenvalue weighted by molar-refractivity contribution is 5.94. The molecule has 35 heavy (non-hydrogen) atoms. The summed E-state index contributed by atoms with van der Waals surface area (Å²) in [4.78, 5) is 24.4. The van der Waals surface area contributed by atoms with Crippen molar-refractivity contribution in [2.75, 3.05) is 6.61 Å². The van der Waals surface area contributed by atoms with Crippen LogP contribution in [0, 0.1) is 52.8 Å². The molecule has 5 nitrogen and oxygen atoms in total. The van der Waals surface area contributed by atoms with E-state index in [9.17, 15) is 24.9 Å². The standard InChI is InChI=1S/C30H38O5/c1-17(32)18-5-7-19(8-6-18)25-16-30(2)26(11-12-28(30)35)24-15-23(27(34)4-3-13-31)22-14-20(33)9-10-21(22)29(24)25/h5-8,21-29,31,34-35H,9-16H2,1-2H3/t21-,22?,23+,24-,25+,26-,27?,28-,29+,30-/m0/s1. The summed E-state index contributed by atoms with van der Waals surface area (Å²) in [7, 11) is 0. The Morgan fingerprint density at radius 1 is 1.14 bits per heavy atom. The first kappa shape index (κ1) is 24.7. The zero-order valence-corrected chi connectivity index (χ0v) is 20.8. The van der Waals surface area contributed by atoms with Gasteiger partial charge in [0.1, 0.15) is 18.5 Å². The minimum absolute atomic E-state index is 0.0562. The molecule has 0 amide bonds. The zero-order chi connectivity index (χ0) is 24.9. The summed E-state index contributed by atoms with van der Waals surface area (Å²) in [6.07, 6.45) is 4.26. The lowest BCUT2D eigenvalue weighted by Crippen LogP contribution is -2.56. The zero-order valence-electron chi connectivity index (χ0n) is 20.8. The normalized spacial score (nSPS) is 41.1. The first-order valence-electron chi connectivity index (χ1n) is 13.3. The molecule has 5 rings (SSSR count). The fourth-order valence-electron chi connectivity index (χ4n) is 8.77. The third-order valence-electron chi connectivity index (χ3n) is 10.3. The lowest BCUT2D eigenvalue weighted by Gasteiger charge is -2.60. The molecule has 10 atom stereocenters. The molecule has 2 unspecified atom stereocenters. The van der Waals surface area contributed by atoms with E-state index in [1.165, 1.54) is 5.56 Å². The van der Waals surface area contributed by atoms with Crippen molar-refractivity contribution < 1.29 is 24.9 Å². The smallest absolute Gasteiger partial charge is 0.159 e. The fraction of sp³-hybridized carbons (Fsp3) is 0.667. The van der Waals surface area contributed by atoms with Crippen LogP contribution in [0.2, 0.25) is 0 Å². The largest absolute Gasteiger partial charge is 0.393 e. The van der Waals surface area contributed by atoms with Gasteiger partial charge in [0, 0.05) is 18.4 Å². The second-order valence-electron chi connectivity index (χ2n) is 11.9. The number of benzene rings is 1. The van der Waals surface area contributed by atoms with Crippen LogP contribution < -0.4 is 0 Å². The van der Waals surface area contributed by atoms with Gasteiger partial charge in [-0.2, -0.15) is 0 Å². The van der Waals surface area contributed by atoms with Crippen LogP contribution in [0.4, 0.5) is 0 Å². The molecular formula is C30H38O5. The van der Waals surface area contributed by atoms with E-state index in [0.29, 0.717) is 42.1 Å². The molecule has 0 spiro atoms. The van der Waals surface area contributed by atoms with E-state index in [1.807, 2.05) is 12.1 Å².